The number of fused-ring (bicyclic) bond motifs is 1. The summed E-state index contributed by atoms with van der Waals surface area (Å²) in [6, 6.07) is 11.5. The van der Waals surface area contributed by atoms with Crippen molar-refractivity contribution in [1.82, 2.24) is 26.3 Å². The molecule has 0 saturated carbocycles. The topological polar surface area (TPSA) is 231 Å². The number of carbonyl (C=O) groups is 5. The summed E-state index contributed by atoms with van der Waals surface area (Å²) in [4.78, 5) is 72.5. The number of para-hydroxylation sites is 1. The fourth-order valence-electron chi connectivity index (χ4n) is 4.91. The average Bonchev–Trinajstić information content (AvgIpc) is 3.47. The second kappa shape index (κ2) is 23.6. The molecule has 282 valence electrons. The molecule has 0 aliphatic carbocycles. The molecule has 4 amide bonds. The van der Waals surface area contributed by atoms with Crippen LogP contribution in [0.4, 0.5) is 0 Å². The molecule has 3 atom stereocenters. The molecule has 3 aromatic rings. The van der Waals surface area contributed by atoms with Crippen molar-refractivity contribution in [3.05, 3.63) is 64.7 Å². The van der Waals surface area contributed by atoms with Crippen LogP contribution in [-0.4, -0.2) is 76.7 Å². The molecule has 9 N–H and O–H groups in total. The number of hydrogen-bond donors (Lipinski definition) is 7. The number of nitrogens with one attached hydrogen (secondary N) is 4. The van der Waals surface area contributed by atoms with Crippen molar-refractivity contribution < 1.29 is 29.1 Å². The van der Waals surface area contributed by atoms with Crippen LogP contribution in [0.2, 0.25) is 0 Å². The van der Waals surface area contributed by atoms with Crippen LogP contribution >= 0.6 is 51.8 Å². The molecule has 0 aliphatic rings. The number of nitrogens with zero attached hydrogens (tertiary/aromatic N) is 2. The Morgan fingerprint density at radius 2 is 1.57 bits per heavy atom. The molecule has 3 rings (SSSR count). The Morgan fingerprint density at radius 3 is 2.20 bits per heavy atom. The second-order valence-electron chi connectivity index (χ2n) is 11.8. The maximum atomic E-state index is 13.6. The number of carbonyl (C=O) groups excluding carboxylic acids is 5. The summed E-state index contributed by atoms with van der Waals surface area (Å²) < 4.78 is 0.849. The molecule has 14 nitrogen and oxygen atoms in total. The van der Waals surface area contributed by atoms with Crippen LogP contribution in [0.3, 0.4) is 0 Å². The highest BCUT2D eigenvalue weighted by Crippen LogP contribution is 2.23. The first kappa shape index (κ1) is 47.2. The number of aliphatic hydroxyl groups is 1. The summed E-state index contributed by atoms with van der Waals surface area (Å²) >= 11 is 1.25. The molecule has 18 heteroatoms. The Morgan fingerprint density at radius 1 is 0.882 bits per heavy atom. The zero-order valence-corrected chi connectivity index (χ0v) is 32.6. The summed E-state index contributed by atoms with van der Waals surface area (Å²) in [5.41, 5.74) is 12.9. The molecular formula is C33H50N8O6S4. The lowest BCUT2D eigenvalue weighted by Gasteiger charge is -2.23. The third-order valence-corrected chi connectivity index (χ3v) is 8.19. The molecule has 0 unspecified atom stereocenters. The number of amides is 4. The van der Waals surface area contributed by atoms with Crippen LogP contribution in [0.1, 0.15) is 61.0 Å². The number of benzene rings is 2. The van der Waals surface area contributed by atoms with Gasteiger partial charge in [-0.25, -0.2) is 4.98 Å². The van der Waals surface area contributed by atoms with Crippen LogP contribution in [-0.2, 0) is 32.1 Å². The number of guanidine groups is 1. The Kier molecular flexibility index (Phi) is 21.8. The van der Waals surface area contributed by atoms with E-state index in [0.717, 1.165) is 4.70 Å². The van der Waals surface area contributed by atoms with E-state index in [9.17, 15) is 29.1 Å². The molecule has 0 aliphatic heterocycles. The standard InChI is InChI=1S/C33H44N8O6S.3H2S/c1-19(2)14-25(39-28(44)16-21-8-6-9-22(15-21)17-37-30(46)26(18-42)38-20(3)43)31(47)40-24(11-7-13-36-33(34)35)29(45)32-41-23-10-4-5-12-27(23)48-32;;;/h4-6,8-10,12,15,19,24-26,42H,7,11,13-14,16-18H2,1-3H3,(H,37,46)(H,38,43)(H,39,44)(H,40,47)(H4,34,35,36);3*1H2/t24-,25-,26-;;;/m0.../s1. The van der Waals surface area contributed by atoms with Gasteiger partial charge in [-0.05, 0) is 48.4 Å². The zero-order chi connectivity index (χ0) is 35.2. The maximum absolute atomic E-state index is 13.6. The number of rotatable bonds is 18. The van der Waals surface area contributed by atoms with Gasteiger partial charge < -0.3 is 37.8 Å². The highest BCUT2D eigenvalue weighted by Gasteiger charge is 2.29. The van der Waals surface area contributed by atoms with Crippen molar-refractivity contribution in [3.63, 3.8) is 0 Å². The highest BCUT2D eigenvalue weighted by molar-refractivity contribution is 7.59. The first-order valence-electron chi connectivity index (χ1n) is 15.6. The van der Waals surface area contributed by atoms with Crippen molar-refractivity contribution in [2.75, 3.05) is 13.2 Å². The number of aliphatic imine (C=N–C) groups is 1. The molecular weight excluding hydrogens is 733 g/mol. The minimum atomic E-state index is -1.07. The molecule has 51 heavy (non-hydrogen) atoms. The number of aromatic nitrogens is 1. The Balaban J connectivity index is 0.00000833. The van der Waals surface area contributed by atoms with Crippen LogP contribution in [0, 0.1) is 5.92 Å². The van der Waals surface area contributed by atoms with Gasteiger partial charge in [-0.1, -0.05) is 50.2 Å². The quantitative estimate of drug-likeness (QED) is 0.0426. The largest absolute Gasteiger partial charge is 0.394 e. The van der Waals surface area contributed by atoms with E-state index in [1.54, 1.807) is 24.3 Å². The van der Waals surface area contributed by atoms with Gasteiger partial charge in [-0.15, -0.1) is 11.3 Å². The predicted molar refractivity (Wildman–Crippen MR) is 215 cm³/mol. The zero-order valence-electron chi connectivity index (χ0n) is 28.8. The summed E-state index contributed by atoms with van der Waals surface area (Å²) in [6.07, 6.45) is 0.972. The van der Waals surface area contributed by atoms with E-state index in [-0.39, 0.29) is 89.1 Å². The lowest BCUT2D eigenvalue weighted by atomic mass is 10.0. The van der Waals surface area contributed by atoms with E-state index in [4.69, 9.17) is 11.5 Å². The molecule has 0 saturated heterocycles. The number of ketones is 1. The molecule has 1 aromatic heterocycles. The third kappa shape index (κ3) is 15.9. The minimum absolute atomic E-state index is 0. The van der Waals surface area contributed by atoms with Gasteiger partial charge in [-0.2, -0.15) is 40.5 Å². The number of thiazole rings is 1. The van der Waals surface area contributed by atoms with Gasteiger partial charge in [0.2, 0.25) is 29.4 Å². The fraction of sp³-hybridized carbons (Fsp3) is 0.424. The maximum Gasteiger partial charge on any atom is 0.245 e. The first-order valence-corrected chi connectivity index (χ1v) is 16.5. The van der Waals surface area contributed by atoms with E-state index in [2.05, 4.69) is 31.2 Å². The van der Waals surface area contributed by atoms with Crippen LogP contribution < -0.4 is 32.7 Å². The SMILES string of the molecule is CC(=O)N[C@@H](CO)C(=O)NCc1cccc(CC(=O)N[C@@H](CC(C)C)C(=O)N[C@@H](CCCN=C(N)N)C(=O)c2nc3ccccc3s2)c1.S.S.S. The normalized spacial score (nSPS) is 12.1. The Labute approximate surface area is 322 Å². The van der Waals surface area contributed by atoms with Gasteiger partial charge in [0.15, 0.2) is 11.0 Å². The Bertz CT molecular complexity index is 1600. The lowest BCUT2D eigenvalue weighted by Crippen LogP contribution is -2.52. The van der Waals surface area contributed by atoms with Crippen molar-refractivity contribution in [1.29, 1.82) is 0 Å². The molecule has 0 radical (unpaired) electrons. The molecule has 1 heterocycles. The lowest BCUT2D eigenvalue weighted by molar-refractivity contribution is -0.129. The summed E-state index contributed by atoms with van der Waals surface area (Å²) in [7, 11) is 0. The van der Waals surface area contributed by atoms with Crippen LogP contribution in [0.25, 0.3) is 10.2 Å². The molecule has 0 fully saturated rings. The van der Waals surface area contributed by atoms with E-state index >= 15 is 0 Å². The number of nitrogens with two attached hydrogens (primary N) is 2. The van der Waals surface area contributed by atoms with Crippen molar-refractivity contribution in [2.45, 2.75) is 71.1 Å². The summed E-state index contributed by atoms with van der Waals surface area (Å²) in [5, 5.41) is 20.4. The van der Waals surface area contributed by atoms with Crippen molar-refractivity contribution in [3.8, 4) is 0 Å². The van der Waals surface area contributed by atoms with Crippen LogP contribution in [0.5, 0.6) is 0 Å². The van der Waals surface area contributed by atoms with Gasteiger partial charge in [0.1, 0.15) is 12.1 Å². The van der Waals surface area contributed by atoms with Crippen molar-refractivity contribution in [2.24, 2.45) is 22.4 Å². The third-order valence-electron chi connectivity index (χ3n) is 7.14. The van der Waals surface area contributed by atoms with Gasteiger partial charge in [0, 0.05) is 20.0 Å². The van der Waals surface area contributed by atoms with Gasteiger partial charge in [-0.3, -0.25) is 29.0 Å². The number of hydrogen-bond acceptors (Lipinski definition) is 9. The summed E-state index contributed by atoms with van der Waals surface area (Å²) in [6.45, 7) is 4.93. The average molecular weight is 783 g/mol. The monoisotopic (exact) mass is 782 g/mol. The second-order valence-corrected chi connectivity index (χ2v) is 12.8. The van der Waals surface area contributed by atoms with Gasteiger partial charge in [0.25, 0.3) is 0 Å². The van der Waals surface area contributed by atoms with E-state index in [0.29, 0.717) is 29.5 Å². The number of Topliss-reactive ketones (excluding diaryl/α,β-unsaturated/α-hetero) is 1. The van der Waals surface area contributed by atoms with Crippen molar-refractivity contribution >= 4 is 97.4 Å². The molecule has 0 spiro atoms. The molecule has 2 aromatic carbocycles. The number of aliphatic hydroxyl groups excluding tert-OH is 1. The fourth-order valence-corrected chi connectivity index (χ4v) is 5.87. The minimum Gasteiger partial charge on any atom is -0.394 e. The van der Waals surface area contributed by atoms with E-state index in [1.807, 2.05) is 38.1 Å². The smallest absolute Gasteiger partial charge is 0.245 e. The summed E-state index contributed by atoms with van der Waals surface area (Å²) in [5.74, 6) is -2.24. The first-order chi connectivity index (χ1) is 22.9. The van der Waals surface area contributed by atoms with E-state index < -0.39 is 48.4 Å². The predicted octanol–water partition coefficient (Wildman–Crippen LogP) is 1.24. The van der Waals surface area contributed by atoms with E-state index in [1.165, 1.54) is 18.3 Å². The highest BCUT2D eigenvalue weighted by atomic mass is 32.1. The van der Waals surface area contributed by atoms with Gasteiger partial charge in [0.05, 0.1) is 29.3 Å². The Hall–Kier alpha value is -3.84. The van der Waals surface area contributed by atoms with Crippen LogP contribution in [0.15, 0.2) is 53.5 Å². The molecule has 0 bridgehead atoms. The van der Waals surface area contributed by atoms with Gasteiger partial charge >= 0.3 is 0 Å².